The smallest absolute Gasteiger partial charge is 0.269 e. The zero-order valence-corrected chi connectivity index (χ0v) is 12.5. The lowest BCUT2D eigenvalue weighted by molar-refractivity contribution is -0.384. The van der Waals surface area contributed by atoms with E-state index in [-0.39, 0.29) is 10.6 Å². The summed E-state index contributed by atoms with van der Waals surface area (Å²) in [5.41, 5.74) is 0.790. The van der Waals surface area contributed by atoms with Crippen LogP contribution in [0.5, 0.6) is 0 Å². The van der Waals surface area contributed by atoms with Crippen molar-refractivity contribution in [1.82, 2.24) is 0 Å². The Hall–Kier alpha value is -2.12. The molecule has 0 spiro atoms. The summed E-state index contributed by atoms with van der Waals surface area (Å²) in [6.45, 7) is 1.69. The van der Waals surface area contributed by atoms with E-state index in [4.69, 9.17) is 11.6 Å². The first-order chi connectivity index (χ1) is 9.81. The second-order valence-electron chi connectivity index (χ2n) is 4.27. The van der Waals surface area contributed by atoms with Crippen LogP contribution in [-0.2, 0) is 10.0 Å². The quantitative estimate of drug-likeness (QED) is 0.689. The molecule has 0 fully saturated rings. The Morgan fingerprint density at radius 2 is 1.76 bits per heavy atom. The predicted octanol–water partition coefficient (Wildman–Crippen LogP) is 3.36. The summed E-state index contributed by atoms with van der Waals surface area (Å²) in [5, 5.41) is 11.0. The van der Waals surface area contributed by atoms with Gasteiger partial charge in [0.15, 0.2) is 0 Å². The molecular weight excluding hydrogens is 316 g/mol. The van der Waals surface area contributed by atoms with Crippen molar-refractivity contribution in [2.45, 2.75) is 11.8 Å². The molecule has 21 heavy (non-hydrogen) atoms. The van der Waals surface area contributed by atoms with Gasteiger partial charge in [-0.05, 0) is 36.8 Å². The third-order valence-corrected chi connectivity index (χ3v) is 4.66. The first-order valence-electron chi connectivity index (χ1n) is 5.83. The van der Waals surface area contributed by atoms with Gasteiger partial charge in [0.1, 0.15) is 0 Å². The number of anilines is 1. The van der Waals surface area contributed by atoms with Crippen LogP contribution in [0.25, 0.3) is 0 Å². The van der Waals surface area contributed by atoms with Crippen LogP contribution >= 0.6 is 11.6 Å². The number of nitrogens with zero attached hydrogens (tertiary/aromatic N) is 1. The molecule has 0 bridgehead atoms. The minimum Gasteiger partial charge on any atom is -0.279 e. The fourth-order valence-electron chi connectivity index (χ4n) is 1.67. The number of non-ortho nitro benzene ring substituents is 1. The van der Waals surface area contributed by atoms with Crippen LogP contribution in [0.1, 0.15) is 5.56 Å². The van der Waals surface area contributed by atoms with E-state index in [1.165, 1.54) is 12.1 Å². The maximum Gasteiger partial charge on any atom is 0.269 e. The minimum absolute atomic E-state index is 0.0625. The zero-order chi connectivity index (χ0) is 15.6. The van der Waals surface area contributed by atoms with E-state index >= 15 is 0 Å². The number of halogens is 1. The molecule has 110 valence electrons. The van der Waals surface area contributed by atoms with Crippen molar-refractivity contribution in [3.63, 3.8) is 0 Å². The van der Waals surface area contributed by atoms with Gasteiger partial charge in [-0.3, -0.25) is 14.8 Å². The topological polar surface area (TPSA) is 89.3 Å². The van der Waals surface area contributed by atoms with Crippen molar-refractivity contribution in [2.24, 2.45) is 0 Å². The second kappa shape index (κ2) is 5.71. The van der Waals surface area contributed by atoms with E-state index in [0.29, 0.717) is 16.3 Å². The van der Waals surface area contributed by atoms with Gasteiger partial charge >= 0.3 is 0 Å². The third kappa shape index (κ3) is 3.32. The van der Waals surface area contributed by atoms with Gasteiger partial charge in [-0.1, -0.05) is 17.7 Å². The Morgan fingerprint density at radius 1 is 1.14 bits per heavy atom. The molecule has 0 heterocycles. The lowest BCUT2D eigenvalue weighted by atomic mass is 10.2. The summed E-state index contributed by atoms with van der Waals surface area (Å²) < 4.78 is 26.9. The highest BCUT2D eigenvalue weighted by atomic mass is 35.5. The molecule has 0 aliphatic carbocycles. The van der Waals surface area contributed by atoms with Gasteiger partial charge in [0.2, 0.25) is 0 Å². The fraction of sp³-hybridized carbons (Fsp3) is 0.0769. The van der Waals surface area contributed by atoms with E-state index in [0.717, 1.165) is 12.1 Å². The van der Waals surface area contributed by atoms with Gasteiger partial charge in [0, 0.05) is 17.2 Å². The summed E-state index contributed by atoms with van der Waals surface area (Å²) in [7, 11) is -3.83. The summed E-state index contributed by atoms with van der Waals surface area (Å²) in [6.07, 6.45) is 0. The lowest BCUT2D eigenvalue weighted by Crippen LogP contribution is -2.13. The van der Waals surface area contributed by atoms with E-state index in [1.807, 2.05) is 0 Å². The predicted molar refractivity (Wildman–Crippen MR) is 80.1 cm³/mol. The standard InChI is InChI=1S/C13H11ClN2O4S/c1-9-12(14)3-2-4-13(9)15-21(19,20)11-7-5-10(6-8-11)16(17)18/h2-8,15H,1H3. The number of hydrogen-bond donors (Lipinski definition) is 1. The molecule has 6 nitrogen and oxygen atoms in total. The highest BCUT2D eigenvalue weighted by Gasteiger charge is 2.17. The van der Waals surface area contributed by atoms with Crippen LogP contribution in [0.2, 0.25) is 5.02 Å². The summed E-state index contributed by atoms with van der Waals surface area (Å²) in [4.78, 5) is 9.91. The Morgan fingerprint density at radius 3 is 2.33 bits per heavy atom. The number of nitrogens with one attached hydrogen (secondary N) is 1. The molecule has 2 rings (SSSR count). The van der Waals surface area contributed by atoms with Gasteiger partial charge < -0.3 is 0 Å². The van der Waals surface area contributed by atoms with Crippen LogP contribution in [0.4, 0.5) is 11.4 Å². The van der Waals surface area contributed by atoms with Crippen LogP contribution in [0.15, 0.2) is 47.4 Å². The maximum absolute atomic E-state index is 12.2. The first kappa shape index (κ1) is 15.3. The van der Waals surface area contributed by atoms with Gasteiger partial charge in [0.25, 0.3) is 15.7 Å². The normalized spacial score (nSPS) is 11.1. The Kier molecular flexibility index (Phi) is 4.15. The van der Waals surface area contributed by atoms with Crippen molar-refractivity contribution in [1.29, 1.82) is 0 Å². The number of hydrogen-bond acceptors (Lipinski definition) is 4. The molecule has 8 heteroatoms. The molecule has 2 aromatic carbocycles. The van der Waals surface area contributed by atoms with Crippen LogP contribution in [-0.4, -0.2) is 13.3 Å². The van der Waals surface area contributed by atoms with Crippen LogP contribution in [0.3, 0.4) is 0 Å². The second-order valence-corrected chi connectivity index (χ2v) is 6.36. The average molecular weight is 327 g/mol. The monoisotopic (exact) mass is 326 g/mol. The molecule has 0 aromatic heterocycles. The number of benzene rings is 2. The highest BCUT2D eigenvalue weighted by molar-refractivity contribution is 7.92. The molecule has 0 saturated carbocycles. The number of nitro benzene ring substituents is 1. The van der Waals surface area contributed by atoms with Crippen LogP contribution < -0.4 is 4.72 Å². The van der Waals surface area contributed by atoms with Gasteiger partial charge in [0.05, 0.1) is 15.5 Å². The van der Waals surface area contributed by atoms with Gasteiger partial charge in [-0.15, -0.1) is 0 Å². The maximum atomic E-state index is 12.2. The molecule has 0 aliphatic heterocycles. The lowest BCUT2D eigenvalue weighted by Gasteiger charge is -2.11. The molecule has 1 N–H and O–H groups in total. The molecular formula is C13H11ClN2O4S. The first-order valence-corrected chi connectivity index (χ1v) is 7.70. The van der Waals surface area contributed by atoms with Crippen molar-refractivity contribution in [2.75, 3.05) is 4.72 Å². The molecule has 0 aliphatic rings. The van der Waals surface area contributed by atoms with Crippen molar-refractivity contribution < 1.29 is 13.3 Å². The fourth-order valence-corrected chi connectivity index (χ4v) is 2.97. The minimum atomic E-state index is -3.83. The number of nitro groups is 1. The molecule has 0 radical (unpaired) electrons. The number of sulfonamides is 1. The molecule has 2 aromatic rings. The van der Waals surface area contributed by atoms with Gasteiger partial charge in [-0.25, -0.2) is 8.42 Å². The molecule has 0 unspecified atom stereocenters. The third-order valence-electron chi connectivity index (χ3n) is 2.87. The summed E-state index contributed by atoms with van der Waals surface area (Å²) >= 11 is 5.93. The summed E-state index contributed by atoms with van der Waals surface area (Å²) in [5.74, 6) is 0. The van der Waals surface area contributed by atoms with E-state index in [9.17, 15) is 18.5 Å². The van der Waals surface area contributed by atoms with Crippen molar-refractivity contribution in [3.05, 3.63) is 63.2 Å². The highest BCUT2D eigenvalue weighted by Crippen LogP contribution is 2.26. The Bertz CT molecular complexity index is 788. The van der Waals surface area contributed by atoms with Gasteiger partial charge in [-0.2, -0.15) is 0 Å². The Balaban J connectivity index is 2.34. The van der Waals surface area contributed by atoms with E-state index in [2.05, 4.69) is 4.72 Å². The van der Waals surface area contributed by atoms with Crippen molar-refractivity contribution in [3.8, 4) is 0 Å². The molecule has 0 saturated heterocycles. The molecule has 0 atom stereocenters. The van der Waals surface area contributed by atoms with Crippen molar-refractivity contribution >= 4 is 33.0 Å². The SMILES string of the molecule is Cc1c(Cl)cccc1NS(=O)(=O)c1ccc([N+](=O)[O-])cc1. The average Bonchev–Trinajstić information content (AvgIpc) is 2.44. The summed E-state index contributed by atoms with van der Waals surface area (Å²) in [6, 6.07) is 9.51. The van der Waals surface area contributed by atoms with E-state index in [1.54, 1.807) is 25.1 Å². The zero-order valence-electron chi connectivity index (χ0n) is 10.9. The van der Waals surface area contributed by atoms with Crippen LogP contribution in [0, 0.1) is 17.0 Å². The Labute approximate surface area is 126 Å². The van der Waals surface area contributed by atoms with E-state index < -0.39 is 14.9 Å². The molecule has 0 amide bonds. The largest absolute Gasteiger partial charge is 0.279 e. The number of rotatable bonds is 4.